The van der Waals surface area contributed by atoms with E-state index in [4.69, 9.17) is 5.73 Å². The van der Waals surface area contributed by atoms with E-state index in [2.05, 4.69) is 10.3 Å². The third-order valence-electron chi connectivity index (χ3n) is 2.95. The molecule has 7 nitrogen and oxygen atoms in total. The first kappa shape index (κ1) is 14.4. The fraction of sp³-hybridized carbons (Fsp3) is 0.143. The van der Waals surface area contributed by atoms with E-state index in [1.807, 2.05) is 12.1 Å². The van der Waals surface area contributed by atoms with Gasteiger partial charge in [-0.25, -0.2) is 0 Å². The van der Waals surface area contributed by atoms with Crippen LogP contribution in [-0.2, 0) is 6.42 Å². The van der Waals surface area contributed by atoms with E-state index < -0.39 is 10.8 Å². The summed E-state index contributed by atoms with van der Waals surface area (Å²) in [6.45, 7) is 0.395. The fourth-order valence-corrected chi connectivity index (χ4v) is 1.87. The molecule has 3 N–H and O–H groups in total. The van der Waals surface area contributed by atoms with Crippen molar-refractivity contribution in [3.05, 3.63) is 64.0 Å². The number of para-hydroxylation sites is 1. The number of anilines is 1. The Kier molecular flexibility index (Phi) is 4.45. The van der Waals surface area contributed by atoms with Gasteiger partial charge < -0.3 is 11.1 Å². The molecule has 0 saturated carbocycles. The normalized spacial score (nSPS) is 10.1. The van der Waals surface area contributed by atoms with Gasteiger partial charge in [0.25, 0.3) is 11.6 Å². The van der Waals surface area contributed by atoms with E-state index in [1.165, 1.54) is 18.2 Å². The van der Waals surface area contributed by atoms with Gasteiger partial charge in [0.15, 0.2) is 0 Å². The minimum Gasteiger partial charge on any atom is -0.393 e. The molecule has 0 aliphatic rings. The minimum absolute atomic E-state index is 0.107. The Morgan fingerprint density at radius 3 is 2.81 bits per heavy atom. The van der Waals surface area contributed by atoms with Gasteiger partial charge >= 0.3 is 0 Å². The number of nitrogens with two attached hydrogens (primary N) is 1. The van der Waals surface area contributed by atoms with Crippen LogP contribution in [0, 0.1) is 10.1 Å². The Labute approximate surface area is 121 Å². The van der Waals surface area contributed by atoms with E-state index in [-0.39, 0.29) is 16.9 Å². The maximum absolute atomic E-state index is 12.0. The molecular weight excluding hydrogens is 272 g/mol. The van der Waals surface area contributed by atoms with Gasteiger partial charge in [0.1, 0.15) is 5.69 Å². The molecule has 0 aliphatic heterocycles. The largest absolute Gasteiger partial charge is 0.393 e. The first-order valence-corrected chi connectivity index (χ1v) is 6.29. The molecule has 2 rings (SSSR count). The van der Waals surface area contributed by atoms with Gasteiger partial charge in [-0.3, -0.25) is 19.9 Å². The van der Waals surface area contributed by atoms with Crippen molar-refractivity contribution < 1.29 is 9.72 Å². The van der Waals surface area contributed by atoms with Crippen molar-refractivity contribution in [3.8, 4) is 0 Å². The van der Waals surface area contributed by atoms with Gasteiger partial charge in [-0.15, -0.1) is 0 Å². The lowest BCUT2D eigenvalue weighted by Gasteiger charge is -2.07. The van der Waals surface area contributed by atoms with Crippen LogP contribution < -0.4 is 11.1 Å². The van der Waals surface area contributed by atoms with E-state index >= 15 is 0 Å². The summed E-state index contributed by atoms with van der Waals surface area (Å²) in [5, 5.41) is 13.5. The second kappa shape index (κ2) is 6.47. The summed E-state index contributed by atoms with van der Waals surface area (Å²) >= 11 is 0. The van der Waals surface area contributed by atoms with Gasteiger partial charge in [-0.1, -0.05) is 12.1 Å². The molecule has 2 aromatic rings. The van der Waals surface area contributed by atoms with Crippen molar-refractivity contribution in [2.24, 2.45) is 0 Å². The number of nitro benzene ring substituents is 1. The van der Waals surface area contributed by atoms with Crippen LogP contribution in [0.1, 0.15) is 15.9 Å². The lowest BCUT2D eigenvalue weighted by Crippen LogP contribution is -2.26. The van der Waals surface area contributed by atoms with Crippen molar-refractivity contribution in [2.75, 3.05) is 12.3 Å². The summed E-state index contributed by atoms with van der Waals surface area (Å²) in [4.78, 5) is 26.2. The van der Waals surface area contributed by atoms with Gasteiger partial charge in [0, 0.05) is 25.0 Å². The number of carbonyl (C=O) groups excluding carboxylic acids is 1. The van der Waals surface area contributed by atoms with Gasteiger partial charge in [-0.2, -0.15) is 0 Å². The summed E-state index contributed by atoms with van der Waals surface area (Å²) in [5.41, 5.74) is 6.36. The molecule has 0 spiro atoms. The number of carbonyl (C=O) groups is 1. The number of nitrogens with zero attached hydrogens (tertiary/aromatic N) is 2. The van der Waals surface area contributed by atoms with Crippen LogP contribution in [0.4, 0.5) is 11.4 Å². The number of nitro groups is 1. The van der Waals surface area contributed by atoms with Gasteiger partial charge in [-0.05, 0) is 24.1 Å². The molecule has 1 amide bonds. The molecule has 21 heavy (non-hydrogen) atoms. The van der Waals surface area contributed by atoms with Gasteiger partial charge in [0.2, 0.25) is 0 Å². The summed E-state index contributed by atoms with van der Waals surface area (Å²) in [7, 11) is 0. The third-order valence-corrected chi connectivity index (χ3v) is 2.95. The standard InChI is InChI=1S/C14H14N4O3/c15-13-11(4-1-5-12(13)18(20)21)14(19)17-8-6-10-3-2-7-16-9-10/h1-5,7,9H,6,8,15H2,(H,17,19). The fourth-order valence-electron chi connectivity index (χ4n) is 1.87. The van der Waals surface area contributed by atoms with Crippen LogP contribution in [0.2, 0.25) is 0 Å². The maximum Gasteiger partial charge on any atom is 0.292 e. The number of pyridine rings is 1. The van der Waals surface area contributed by atoms with Crippen molar-refractivity contribution in [3.63, 3.8) is 0 Å². The van der Waals surface area contributed by atoms with Crippen molar-refractivity contribution in [1.29, 1.82) is 0 Å². The quantitative estimate of drug-likeness (QED) is 0.492. The number of aromatic nitrogens is 1. The first-order valence-electron chi connectivity index (χ1n) is 6.29. The monoisotopic (exact) mass is 286 g/mol. The number of amides is 1. The Balaban J connectivity index is 2.01. The topological polar surface area (TPSA) is 111 Å². The highest BCUT2D eigenvalue weighted by Crippen LogP contribution is 2.24. The van der Waals surface area contributed by atoms with E-state index in [1.54, 1.807) is 12.4 Å². The number of nitrogen functional groups attached to an aromatic ring is 1. The van der Waals surface area contributed by atoms with Crippen LogP contribution in [0.25, 0.3) is 0 Å². The average Bonchev–Trinajstić information content (AvgIpc) is 2.48. The molecular formula is C14H14N4O3. The van der Waals surface area contributed by atoms with Crippen LogP contribution >= 0.6 is 0 Å². The van der Waals surface area contributed by atoms with Gasteiger partial charge in [0.05, 0.1) is 10.5 Å². The Morgan fingerprint density at radius 2 is 2.14 bits per heavy atom. The lowest BCUT2D eigenvalue weighted by atomic mass is 10.1. The molecule has 1 aromatic heterocycles. The van der Waals surface area contributed by atoms with Crippen LogP contribution in [-0.4, -0.2) is 22.4 Å². The Hall–Kier alpha value is -2.96. The van der Waals surface area contributed by atoms with Crippen molar-refractivity contribution in [2.45, 2.75) is 6.42 Å². The molecule has 1 heterocycles. The third kappa shape index (κ3) is 3.53. The maximum atomic E-state index is 12.0. The molecule has 0 aliphatic carbocycles. The van der Waals surface area contributed by atoms with E-state index in [9.17, 15) is 14.9 Å². The molecule has 108 valence electrons. The van der Waals surface area contributed by atoms with Crippen molar-refractivity contribution >= 4 is 17.3 Å². The zero-order valence-electron chi connectivity index (χ0n) is 11.2. The SMILES string of the molecule is Nc1c(C(=O)NCCc2cccnc2)cccc1[N+](=O)[O-]. The van der Waals surface area contributed by atoms with Crippen LogP contribution in [0.3, 0.4) is 0 Å². The molecule has 0 saturated heterocycles. The zero-order valence-corrected chi connectivity index (χ0v) is 11.2. The predicted molar refractivity (Wildman–Crippen MR) is 77.8 cm³/mol. The highest BCUT2D eigenvalue weighted by Gasteiger charge is 2.18. The summed E-state index contributed by atoms with van der Waals surface area (Å²) < 4.78 is 0. The number of benzene rings is 1. The molecule has 0 bridgehead atoms. The van der Waals surface area contributed by atoms with E-state index in [0.717, 1.165) is 5.56 Å². The minimum atomic E-state index is -0.609. The first-order chi connectivity index (χ1) is 10.1. The smallest absolute Gasteiger partial charge is 0.292 e. The number of rotatable bonds is 5. The highest BCUT2D eigenvalue weighted by molar-refractivity contribution is 6.00. The molecule has 0 fully saturated rings. The van der Waals surface area contributed by atoms with Crippen LogP contribution in [0.15, 0.2) is 42.7 Å². The zero-order chi connectivity index (χ0) is 15.2. The second-order valence-corrected chi connectivity index (χ2v) is 4.36. The molecule has 0 radical (unpaired) electrons. The Morgan fingerprint density at radius 1 is 1.33 bits per heavy atom. The number of hydrogen-bond acceptors (Lipinski definition) is 5. The lowest BCUT2D eigenvalue weighted by molar-refractivity contribution is -0.383. The average molecular weight is 286 g/mol. The van der Waals surface area contributed by atoms with E-state index in [0.29, 0.717) is 13.0 Å². The summed E-state index contributed by atoms with van der Waals surface area (Å²) in [6.07, 6.45) is 4.01. The molecule has 0 unspecified atom stereocenters. The summed E-state index contributed by atoms with van der Waals surface area (Å²) in [5.74, 6) is -0.430. The second-order valence-electron chi connectivity index (χ2n) is 4.36. The molecule has 1 aromatic carbocycles. The molecule has 7 heteroatoms. The number of hydrogen-bond donors (Lipinski definition) is 2. The highest BCUT2D eigenvalue weighted by atomic mass is 16.6. The number of nitrogens with one attached hydrogen (secondary N) is 1. The van der Waals surface area contributed by atoms with Crippen LogP contribution in [0.5, 0.6) is 0 Å². The Bertz CT molecular complexity index is 659. The summed E-state index contributed by atoms with van der Waals surface area (Å²) in [6, 6.07) is 7.88. The molecule has 0 atom stereocenters. The predicted octanol–water partition coefficient (Wildman–Crippen LogP) is 1.54. The van der Waals surface area contributed by atoms with Crippen molar-refractivity contribution in [1.82, 2.24) is 10.3 Å².